The maximum absolute atomic E-state index is 12.8. The molecular weight excluding hydrogens is 388 g/mol. The molecule has 1 unspecified atom stereocenters. The summed E-state index contributed by atoms with van der Waals surface area (Å²) >= 11 is 1.32. The van der Waals surface area contributed by atoms with Crippen molar-refractivity contribution in [3.8, 4) is 0 Å². The van der Waals surface area contributed by atoms with Crippen LogP contribution in [-0.4, -0.2) is 63.8 Å². The van der Waals surface area contributed by atoms with Crippen LogP contribution in [0, 0.1) is 6.92 Å². The molecule has 2 aromatic heterocycles. The number of hydrogen-bond donors (Lipinski definition) is 3. The Balaban J connectivity index is 1.72. The maximum Gasteiger partial charge on any atom is 0.264 e. The van der Waals surface area contributed by atoms with Crippen LogP contribution in [0.2, 0.25) is 0 Å². The van der Waals surface area contributed by atoms with E-state index in [1.807, 2.05) is 25.1 Å². The highest BCUT2D eigenvalue weighted by Crippen LogP contribution is 2.33. The first-order valence-corrected chi connectivity index (χ1v) is 10.4. The molecule has 0 aliphatic heterocycles. The molecule has 2 heterocycles. The van der Waals surface area contributed by atoms with E-state index in [2.05, 4.69) is 27.4 Å². The van der Waals surface area contributed by atoms with Crippen LogP contribution in [0.15, 0.2) is 36.7 Å². The van der Waals surface area contributed by atoms with Gasteiger partial charge < -0.3 is 20.4 Å². The molecule has 1 aromatic carbocycles. The number of aliphatic hydroxyl groups is 2. The molecule has 0 fully saturated rings. The molecule has 1 atom stereocenters. The largest absolute Gasteiger partial charge is 0.394 e. The molecule has 3 rings (SSSR count). The van der Waals surface area contributed by atoms with Gasteiger partial charge in [0.05, 0.1) is 23.0 Å². The van der Waals surface area contributed by atoms with Gasteiger partial charge in [0.25, 0.3) is 5.91 Å². The lowest BCUT2D eigenvalue weighted by molar-refractivity contribution is 0.0523. The van der Waals surface area contributed by atoms with Crippen LogP contribution < -0.4 is 5.32 Å². The number of thiophene rings is 1. The topological polar surface area (TPSA) is 98.6 Å². The van der Waals surface area contributed by atoms with E-state index < -0.39 is 6.10 Å². The number of fused-ring (bicyclic) bond motifs is 1. The summed E-state index contributed by atoms with van der Waals surface area (Å²) in [5.41, 5.74) is 2.13. The minimum absolute atomic E-state index is 0.0687. The van der Waals surface area contributed by atoms with E-state index in [1.165, 1.54) is 28.1 Å². The zero-order chi connectivity index (χ0) is 20.8. The first-order valence-electron chi connectivity index (χ1n) is 9.57. The molecule has 0 aliphatic rings. The van der Waals surface area contributed by atoms with Crippen molar-refractivity contribution < 1.29 is 15.0 Å². The standard InChI is InChI=1S/C21H26N4O3S/c1-14-17-19(22-10-6-9-15-7-4-3-5-8-15)23-13-24-20(17)29-18(14)21(28)25(2)11-16(27)12-26/h3-5,7-8,13,16,26-27H,6,9-12H2,1-2H3,(H,22,23,24). The van der Waals surface area contributed by atoms with Crippen molar-refractivity contribution in [1.29, 1.82) is 0 Å². The second-order valence-corrected chi connectivity index (χ2v) is 8.00. The third kappa shape index (κ3) is 5.09. The van der Waals surface area contributed by atoms with Gasteiger partial charge in [-0.3, -0.25) is 4.79 Å². The number of benzene rings is 1. The zero-order valence-electron chi connectivity index (χ0n) is 16.6. The number of nitrogens with zero attached hydrogens (tertiary/aromatic N) is 3. The molecule has 3 N–H and O–H groups in total. The first-order chi connectivity index (χ1) is 14.0. The third-order valence-corrected chi connectivity index (χ3v) is 5.93. The fourth-order valence-corrected chi connectivity index (χ4v) is 4.33. The molecule has 8 heteroatoms. The summed E-state index contributed by atoms with van der Waals surface area (Å²) in [6.45, 7) is 2.34. The number of aliphatic hydroxyl groups excluding tert-OH is 2. The summed E-state index contributed by atoms with van der Waals surface area (Å²) < 4.78 is 0. The van der Waals surface area contributed by atoms with Crippen molar-refractivity contribution in [1.82, 2.24) is 14.9 Å². The Hall–Kier alpha value is -2.55. The Bertz CT molecular complexity index is 961. The minimum atomic E-state index is -0.958. The van der Waals surface area contributed by atoms with Crippen molar-refractivity contribution >= 4 is 33.3 Å². The Morgan fingerprint density at radius 3 is 2.76 bits per heavy atom. The van der Waals surface area contributed by atoms with Crippen molar-refractivity contribution in [2.24, 2.45) is 0 Å². The van der Waals surface area contributed by atoms with Crippen LogP contribution in [0.5, 0.6) is 0 Å². The third-order valence-electron chi connectivity index (χ3n) is 4.74. The number of aryl methyl sites for hydroxylation is 2. The van der Waals surface area contributed by atoms with E-state index in [9.17, 15) is 9.90 Å². The lowest BCUT2D eigenvalue weighted by atomic mass is 10.1. The van der Waals surface area contributed by atoms with E-state index in [1.54, 1.807) is 7.05 Å². The Kier molecular flexibility index (Phi) is 7.13. The molecule has 0 aliphatic carbocycles. The normalized spacial score (nSPS) is 12.1. The predicted octanol–water partition coefficient (Wildman–Crippen LogP) is 2.47. The summed E-state index contributed by atoms with van der Waals surface area (Å²) in [4.78, 5) is 24.2. The van der Waals surface area contributed by atoms with Gasteiger partial charge in [-0.15, -0.1) is 11.3 Å². The lowest BCUT2D eigenvalue weighted by Gasteiger charge is -2.19. The minimum Gasteiger partial charge on any atom is -0.394 e. The Morgan fingerprint density at radius 2 is 2.03 bits per heavy atom. The van der Waals surface area contributed by atoms with Gasteiger partial charge in [0.1, 0.15) is 17.0 Å². The number of carbonyl (C=O) groups is 1. The fourth-order valence-electron chi connectivity index (χ4n) is 3.18. The van der Waals surface area contributed by atoms with Gasteiger partial charge in [0, 0.05) is 20.1 Å². The van der Waals surface area contributed by atoms with Crippen LogP contribution in [-0.2, 0) is 6.42 Å². The van der Waals surface area contributed by atoms with Gasteiger partial charge in [-0.25, -0.2) is 9.97 Å². The highest BCUT2D eigenvalue weighted by atomic mass is 32.1. The van der Waals surface area contributed by atoms with Gasteiger partial charge >= 0.3 is 0 Å². The average molecular weight is 415 g/mol. The average Bonchev–Trinajstić information content (AvgIpc) is 3.08. The molecule has 0 saturated heterocycles. The van der Waals surface area contributed by atoms with Crippen LogP contribution in [0.4, 0.5) is 5.82 Å². The van der Waals surface area contributed by atoms with E-state index in [0.29, 0.717) is 4.88 Å². The molecule has 7 nitrogen and oxygen atoms in total. The molecule has 0 radical (unpaired) electrons. The van der Waals surface area contributed by atoms with Crippen LogP contribution in [0.3, 0.4) is 0 Å². The predicted molar refractivity (Wildman–Crippen MR) is 115 cm³/mol. The van der Waals surface area contributed by atoms with Crippen molar-refractivity contribution in [3.05, 3.63) is 52.7 Å². The van der Waals surface area contributed by atoms with Gasteiger partial charge in [-0.05, 0) is 30.9 Å². The Labute approximate surface area is 174 Å². The molecular formula is C21H26N4O3S. The number of anilines is 1. The monoisotopic (exact) mass is 414 g/mol. The molecule has 154 valence electrons. The van der Waals surface area contributed by atoms with Crippen molar-refractivity contribution in [3.63, 3.8) is 0 Å². The Morgan fingerprint density at radius 1 is 1.28 bits per heavy atom. The molecule has 29 heavy (non-hydrogen) atoms. The number of likely N-dealkylation sites (N-methyl/N-ethyl adjacent to an activating group) is 1. The summed E-state index contributed by atoms with van der Waals surface area (Å²) in [5, 5.41) is 22.8. The smallest absolute Gasteiger partial charge is 0.264 e. The summed E-state index contributed by atoms with van der Waals surface area (Å²) in [7, 11) is 1.61. The number of amides is 1. The number of nitrogens with one attached hydrogen (secondary N) is 1. The van der Waals surface area contributed by atoms with E-state index in [4.69, 9.17) is 5.11 Å². The number of hydrogen-bond acceptors (Lipinski definition) is 7. The van der Waals surface area contributed by atoms with E-state index in [0.717, 1.165) is 41.0 Å². The van der Waals surface area contributed by atoms with Gasteiger partial charge in [0.2, 0.25) is 0 Å². The molecule has 0 spiro atoms. The fraction of sp³-hybridized carbons (Fsp3) is 0.381. The quantitative estimate of drug-likeness (QED) is 0.465. The highest BCUT2D eigenvalue weighted by Gasteiger charge is 2.23. The number of rotatable bonds is 9. The molecule has 3 aromatic rings. The number of aromatic nitrogens is 2. The summed E-state index contributed by atoms with van der Waals surface area (Å²) in [6.07, 6.45) is 2.49. The van der Waals surface area contributed by atoms with Crippen molar-refractivity contribution in [2.45, 2.75) is 25.9 Å². The molecule has 1 amide bonds. The molecule has 0 saturated carbocycles. The van der Waals surface area contributed by atoms with E-state index in [-0.39, 0.29) is 19.1 Å². The van der Waals surface area contributed by atoms with Crippen LogP contribution >= 0.6 is 11.3 Å². The zero-order valence-corrected chi connectivity index (χ0v) is 17.4. The van der Waals surface area contributed by atoms with Gasteiger partial charge in [-0.2, -0.15) is 0 Å². The first kappa shape index (κ1) is 21.2. The highest BCUT2D eigenvalue weighted by molar-refractivity contribution is 7.20. The van der Waals surface area contributed by atoms with Crippen LogP contribution in [0.25, 0.3) is 10.2 Å². The van der Waals surface area contributed by atoms with Crippen LogP contribution in [0.1, 0.15) is 27.2 Å². The van der Waals surface area contributed by atoms with E-state index >= 15 is 0 Å². The lowest BCUT2D eigenvalue weighted by Crippen LogP contribution is -2.35. The number of carbonyl (C=O) groups excluding carboxylic acids is 1. The molecule has 0 bridgehead atoms. The van der Waals surface area contributed by atoms with Crippen molar-refractivity contribution in [2.75, 3.05) is 32.1 Å². The summed E-state index contributed by atoms with van der Waals surface area (Å²) in [6, 6.07) is 10.3. The maximum atomic E-state index is 12.8. The summed E-state index contributed by atoms with van der Waals surface area (Å²) in [5.74, 6) is 0.530. The van der Waals surface area contributed by atoms with Gasteiger partial charge in [0.15, 0.2) is 0 Å². The second-order valence-electron chi connectivity index (χ2n) is 7.00. The SMILES string of the molecule is Cc1c(C(=O)N(C)CC(O)CO)sc2ncnc(NCCCc3ccccc3)c12. The van der Waals surface area contributed by atoms with Gasteiger partial charge in [-0.1, -0.05) is 30.3 Å². The second kappa shape index (κ2) is 9.78.